The second-order valence-electron chi connectivity index (χ2n) is 8.00. The molecule has 0 radical (unpaired) electrons. The Kier molecular flexibility index (Phi) is 10.3. The second kappa shape index (κ2) is 12.4. The summed E-state index contributed by atoms with van der Waals surface area (Å²) in [4.78, 5) is 60.4. The van der Waals surface area contributed by atoms with Gasteiger partial charge in [0, 0.05) is 6.42 Å². The number of nitrogens with two attached hydrogens (primary N) is 2. The molecule has 12 nitrogen and oxygen atoms in total. The number of phenolic OH excluding ortho intramolecular Hbond substituents is 1. The molecule has 182 valence electrons. The highest BCUT2D eigenvalue weighted by atomic mass is 16.4. The van der Waals surface area contributed by atoms with Gasteiger partial charge in [0.1, 0.15) is 23.9 Å². The Bertz CT molecular complexity index is 872. The monoisotopic (exact) mass is 465 g/mol. The molecule has 9 N–H and O–H groups in total. The lowest BCUT2D eigenvalue weighted by molar-refractivity contribution is -0.142. The van der Waals surface area contributed by atoms with Crippen molar-refractivity contribution in [3.63, 3.8) is 0 Å². The van der Waals surface area contributed by atoms with E-state index in [0.29, 0.717) is 5.56 Å². The van der Waals surface area contributed by atoms with Crippen LogP contribution >= 0.6 is 0 Å². The highest BCUT2D eigenvalue weighted by Crippen LogP contribution is 2.12. The van der Waals surface area contributed by atoms with Gasteiger partial charge >= 0.3 is 5.97 Å². The average Bonchev–Trinajstić information content (AvgIpc) is 2.72. The van der Waals surface area contributed by atoms with Crippen molar-refractivity contribution >= 4 is 29.6 Å². The Balaban J connectivity index is 3.10. The summed E-state index contributed by atoms with van der Waals surface area (Å²) in [5.74, 6) is -4.74. The summed E-state index contributed by atoms with van der Waals surface area (Å²) in [5.41, 5.74) is 11.5. The molecule has 1 aromatic carbocycles. The molecule has 0 spiro atoms. The number of aromatic hydroxyl groups is 1. The molecule has 0 aliphatic carbocycles. The summed E-state index contributed by atoms with van der Waals surface area (Å²) < 4.78 is 0. The van der Waals surface area contributed by atoms with E-state index >= 15 is 0 Å². The first-order valence-electron chi connectivity index (χ1n) is 10.3. The standard InChI is InChI=1S/C21H31N5O7/c1-10(2)17(23)20(31)26-15(9-16(22)28)19(30)25-14(18(29)24-11(3)21(32)33)8-12-4-6-13(27)7-5-12/h4-7,10-11,14-15,17,27H,8-9,23H2,1-3H3,(H2,22,28)(H,24,29)(H,25,30)(H,26,31)(H,32,33). The lowest BCUT2D eigenvalue weighted by atomic mass is 10.0. The summed E-state index contributed by atoms with van der Waals surface area (Å²) >= 11 is 0. The van der Waals surface area contributed by atoms with E-state index in [-0.39, 0.29) is 18.1 Å². The van der Waals surface area contributed by atoms with E-state index in [1.807, 2.05) is 0 Å². The molecule has 1 aromatic rings. The summed E-state index contributed by atoms with van der Waals surface area (Å²) in [6.45, 7) is 4.66. The van der Waals surface area contributed by atoms with E-state index in [9.17, 15) is 29.1 Å². The molecule has 0 saturated carbocycles. The van der Waals surface area contributed by atoms with Crippen molar-refractivity contribution in [3.05, 3.63) is 29.8 Å². The number of rotatable bonds is 12. The fourth-order valence-corrected chi connectivity index (χ4v) is 2.71. The molecule has 0 fully saturated rings. The van der Waals surface area contributed by atoms with Gasteiger partial charge in [-0.1, -0.05) is 26.0 Å². The van der Waals surface area contributed by atoms with E-state index in [4.69, 9.17) is 16.6 Å². The number of nitrogens with one attached hydrogen (secondary N) is 3. The predicted molar refractivity (Wildman–Crippen MR) is 118 cm³/mol. The minimum Gasteiger partial charge on any atom is -0.508 e. The van der Waals surface area contributed by atoms with Crippen LogP contribution in [0.15, 0.2) is 24.3 Å². The summed E-state index contributed by atoms with van der Waals surface area (Å²) in [5, 5.41) is 25.6. The van der Waals surface area contributed by atoms with Gasteiger partial charge in [0.25, 0.3) is 0 Å². The number of carbonyl (C=O) groups is 5. The normalized spacial score (nSPS) is 14.5. The van der Waals surface area contributed by atoms with Gasteiger partial charge in [-0.25, -0.2) is 0 Å². The fraction of sp³-hybridized carbons (Fsp3) is 0.476. The maximum atomic E-state index is 12.9. The molecule has 0 heterocycles. The molecule has 1 rings (SSSR count). The summed E-state index contributed by atoms with van der Waals surface area (Å²) in [7, 11) is 0. The number of benzene rings is 1. The molecule has 33 heavy (non-hydrogen) atoms. The smallest absolute Gasteiger partial charge is 0.325 e. The highest BCUT2D eigenvalue weighted by molar-refractivity contribution is 5.96. The Labute approximate surface area is 191 Å². The summed E-state index contributed by atoms with van der Waals surface area (Å²) in [6.07, 6.45) is -0.603. The molecule has 4 amide bonds. The molecule has 0 aliphatic rings. The molecule has 0 aliphatic heterocycles. The molecule has 0 bridgehead atoms. The van der Waals surface area contributed by atoms with Crippen molar-refractivity contribution in [2.24, 2.45) is 17.4 Å². The molecule has 0 saturated heterocycles. The number of carboxylic acid groups (broad SMARTS) is 1. The van der Waals surface area contributed by atoms with Crippen LogP contribution in [0, 0.1) is 5.92 Å². The van der Waals surface area contributed by atoms with E-state index in [1.165, 1.54) is 31.2 Å². The lowest BCUT2D eigenvalue weighted by Crippen LogP contribution is -2.58. The summed E-state index contributed by atoms with van der Waals surface area (Å²) in [6, 6.07) is 0.980. The first-order valence-corrected chi connectivity index (χ1v) is 10.3. The highest BCUT2D eigenvalue weighted by Gasteiger charge is 2.31. The molecule has 12 heteroatoms. The van der Waals surface area contributed by atoms with Gasteiger partial charge < -0.3 is 37.6 Å². The molecular weight excluding hydrogens is 434 g/mol. The quantitative estimate of drug-likeness (QED) is 0.189. The van der Waals surface area contributed by atoms with Gasteiger partial charge in [0.05, 0.1) is 12.5 Å². The van der Waals surface area contributed by atoms with Crippen LogP contribution < -0.4 is 27.4 Å². The predicted octanol–water partition coefficient (Wildman–Crippen LogP) is -1.65. The van der Waals surface area contributed by atoms with E-state index in [0.717, 1.165) is 0 Å². The van der Waals surface area contributed by atoms with Crippen LogP contribution in [0.3, 0.4) is 0 Å². The zero-order valence-corrected chi connectivity index (χ0v) is 18.7. The van der Waals surface area contributed by atoms with Crippen LogP contribution in [0.1, 0.15) is 32.8 Å². The Morgan fingerprint density at radius 2 is 1.39 bits per heavy atom. The van der Waals surface area contributed by atoms with Crippen LogP contribution in [0.4, 0.5) is 0 Å². The van der Waals surface area contributed by atoms with Crippen molar-refractivity contribution in [1.82, 2.24) is 16.0 Å². The van der Waals surface area contributed by atoms with Crippen LogP contribution in [-0.4, -0.2) is 64.0 Å². The van der Waals surface area contributed by atoms with Gasteiger partial charge in [0.15, 0.2) is 0 Å². The van der Waals surface area contributed by atoms with E-state index < -0.39 is 60.2 Å². The first-order chi connectivity index (χ1) is 15.3. The van der Waals surface area contributed by atoms with Gasteiger partial charge in [-0.2, -0.15) is 0 Å². The SMILES string of the molecule is CC(NC(=O)C(Cc1ccc(O)cc1)NC(=O)C(CC(N)=O)NC(=O)C(N)C(C)C)C(=O)O. The van der Waals surface area contributed by atoms with Crippen molar-refractivity contribution in [3.8, 4) is 5.75 Å². The molecule has 4 atom stereocenters. The van der Waals surface area contributed by atoms with Crippen LogP contribution in [0.25, 0.3) is 0 Å². The van der Waals surface area contributed by atoms with Gasteiger partial charge in [-0.3, -0.25) is 24.0 Å². The average molecular weight is 466 g/mol. The number of carboxylic acids is 1. The van der Waals surface area contributed by atoms with Crippen molar-refractivity contribution in [1.29, 1.82) is 0 Å². The molecule has 4 unspecified atom stereocenters. The fourth-order valence-electron chi connectivity index (χ4n) is 2.71. The third kappa shape index (κ3) is 9.15. The van der Waals surface area contributed by atoms with Crippen LogP contribution in [-0.2, 0) is 30.4 Å². The van der Waals surface area contributed by atoms with Crippen LogP contribution in [0.5, 0.6) is 5.75 Å². The minimum atomic E-state index is -1.40. The number of hydrogen-bond acceptors (Lipinski definition) is 7. The molecular formula is C21H31N5O7. The minimum absolute atomic E-state index is 0.00554. The van der Waals surface area contributed by atoms with Gasteiger partial charge in [-0.15, -0.1) is 0 Å². The number of amides is 4. The Hall–Kier alpha value is -3.67. The number of aliphatic carboxylic acids is 1. The maximum Gasteiger partial charge on any atom is 0.325 e. The van der Waals surface area contributed by atoms with E-state index in [2.05, 4.69) is 16.0 Å². The Morgan fingerprint density at radius 1 is 0.879 bits per heavy atom. The lowest BCUT2D eigenvalue weighted by Gasteiger charge is -2.25. The number of phenols is 1. The zero-order valence-electron chi connectivity index (χ0n) is 18.7. The second-order valence-corrected chi connectivity index (χ2v) is 8.00. The van der Waals surface area contributed by atoms with Crippen molar-refractivity contribution in [2.45, 2.75) is 57.8 Å². The van der Waals surface area contributed by atoms with E-state index in [1.54, 1.807) is 13.8 Å². The third-order valence-electron chi connectivity index (χ3n) is 4.80. The van der Waals surface area contributed by atoms with Gasteiger partial charge in [-0.05, 0) is 30.5 Å². The third-order valence-corrected chi connectivity index (χ3v) is 4.80. The van der Waals surface area contributed by atoms with Crippen molar-refractivity contribution < 1.29 is 34.2 Å². The number of carbonyl (C=O) groups excluding carboxylic acids is 4. The van der Waals surface area contributed by atoms with Crippen molar-refractivity contribution in [2.75, 3.05) is 0 Å². The maximum absolute atomic E-state index is 12.9. The number of primary amides is 1. The first kappa shape index (κ1) is 27.4. The van der Waals surface area contributed by atoms with Crippen LogP contribution in [0.2, 0.25) is 0 Å². The Morgan fingerprint density at radius 3 is 1.88 bits per heavy atom. The topological polar surface area (TPSA) is 214 Å². The molecule has 0 aromatic heterocycles. The largest absolute Gasteiger partial charge is 0.508 e. The zero-order chi connectivity index (χ0) is 25.3. The van der Waals surface area contributed by atoms with Gasteiger partial charge in [0.2, 0.25) is 23.6 Å². The number of hydrogen-bond donors (Lipinski definition) is 7.